The largest absolute Gasteiger partial charge is 0.366 e. The molecule has 2 unspecified atom stereocenters. The second-order valence-corrected chi connectivity index (χ2v) is 5.87. The van der Waals surface area contributed by atoms with E-state index < -0.39 is 0 Å². The highest BCUT2D eigenvalue weighted by Gasteiger charge is 2.36. The highest BCUT2D eigenvalue weighted by atomic mass is 19.1. The predicted octanol–water partition coefficient (Wildman–Crippen LogP) is 3.31. The fraction of sp³-hybridized carbons (Fsp3) is 0.625. The molecule has 3 heteroatoms. The Hall–Kier alpha value is -1.09. The predicted molar refractivity (Wildman–Crippen MR) is 76.9 cm³/mol. The number of piperidine rings is 1. The molecule has 19 heavy (non-hydrogen) atoms. The molecular formula is C16H23FN2. The van der Waals surface area contributed by atoms with Crippen molar-refractivity contribution in [1.82, 2.24) is 5.32 Å². The minimum absolute atomic E-state index is 0.0553. The molecule has 1 heterocycles. The van der Waals surface area contributed by atoms with E-state index in [-0.39, 0.29) is 5.82 Å². The van der Waals surface area contributed by atoms with E-state index >= 15 is 0 Å². The van der Waals surface area contributed by atoms with E-state index in [0.29, 0.717) is 6.04 Å². The van der Waals surface area contributed by atoms with Gasteiger partial charge in [-0.15, -0.1) is 0 Å². The van der Waals surface area contributed by atoms with Crippen LogP contribution in [-0.2, 0) is 6.54 Å². The van der Waals surface area contributed by atoms with Gasteiger partial charge in [0.15, 0.2) is 0 Å². The topological polar surface area (TPSA) is 15.3 Å². The van der Waals surface area contributed by atoms with Crippen molar-refractivity contribution in [2.75, 3.05) is 18.5 Å². The first kappa shape index (κ1) is 12.9. The van der Waals surface area contributed by atoms with Crippen LogP contribution in [0.15, 0.2) is 18.2 Å². The first-order valence-electron chi connectivity index (χ1n) is 7.50. The summed E-state index contributed by atoms with van der Waals surface area (Å²) in [6.45, 7) is 1.75. The summed E-state index contributed by atoms with van der Waals surface area (Å²) in [5.74, 6) is 0.732. The van der Waals surface area contributed by atoms with Crippen LogP contribution in [-0.4, -0.2) is 19.6 Å². The molecule has 3 rings (SSSR count). The summed E-state index contributed by atoms with van der Waals surface area (Å²) in [7, 11) is 1.92. The number of halogens is 1. The quantitative estimate of drug-likeness (QED) is 0.899. The molecule has 104 valence electrons. The van der Waals surface area contributed by atoms with Crippen LogP contribution in [0.2, 0.25) is 0 Å². The van der Waals surface area contributed by atoms with E-state index in [4.69, 9.17) is 0 Å². The minimum Gasteiger partial charge on any atom is -0.366 e. The molecule has 2 fully saturated rings. The number of benzene rings is 1. The van der Waals surface area contributed by atoms with E-state index in [1.54, 1.807) is 6.07 Å². The lowest BCUT2D eigenvalue weighted by atomic mass is 9.91. The van der Waals surface area contributed by atoms with Gasteiger partial charge in [0.2, 0.25) is 0 Å². The lowest BCUT2D eigenvalue weighted by molar-refractivity contribution is 0.358. The first-order chi connectivity index (χ1) is 9.31. The van der Waals surface area contributed by atoms with Gasteiger partial charge in [-0.1, -0.05) is 18.6 Å². The van der Waals surface area contributed by atoms with Gasteiger partial charge in [-0.2, -0.15) is 0 Å². The third-order valence-electron chi connectivity index (χ3n) is 4.72. The number of fused-ring (bicyclic) bond motifs is 1. The summed E-state index contributed by atoms with van der Waals surface area (Å²) >= 11 is 0. The van der Waals surface area contributed by atoms with Gasteiger partial charge in [0.05, 0.1) is 5.69 Å². The van der Waals surface area contributed by atoms with Crippen molar-refractivity contribution in [1.29, 1.82) is 0 Å². The number of anilines is 1. The third kappa shape index (κ3) is 2.36. The van der Waals surface area contributed by atoms with Crippen molar-refractivity contribution >= 4 is 5.69 Å². The first-order valence-corrected chi connectivity index (χ1v) is 7.50. The number of para-hydroxylation sites is 1. The Balaban J connectivity index is 1.95. The molecule has 1 N–H and O–H groups in total. The summed E-state index contributed by atoms with van der Waals surface area (Å²) in [6, 6.07) is 6.04. The molecule has 1 saturated carbocycles. The minimum atomic E-state index is -0.0553. The van der Waals surface area contributed by atoms with Crippen molar-refractivity contribution in [2.45, 2.75) is 44.7 Å². The van der Waals surface area contributed by atoms with Crippen LogP contribution in [0.3, 0.4) is 0 Å². The molecule has 0 aromatic heterocycles. The molecule has 2 nitrogen and oxygen atoms in total. The smallest absolute Gasteiger partial charge is 0.146 e. The molecule has 1 aromatic carbocycles. The molecule has 1 aliphatic carbocycles. The van der Waals surface area contributed by atoms with Gasteiger partial charge in [0, 0.05) is 19.1 Å². The van der Waals surface area contributed by atoms with Crippen LogP contribution in [0.25, 0.3) is 0 Å². The lowest BCUT2D eigenvalue weighted by Gasteiger charge is -2.40. The Bertz CT molecular complexity index is 446. The van der Waals surface area contributed by atoms with Gasteiger partial charge >= 0.3 is 0 Å². The monoisotopic (exact) mass is 262 g/mol. The van der Waals surface area contributed by atoms with Crippen molar-refractivity contribution in [3.63, 3.8) is 0 Å². The van der Waals surface area contributed by atoms with Gasteiger partial charge in [0.25, 0.3) is 0 Å². The molecule has 0 bridgehead atoms. The SMILES string of the molecule is CNCc1cccc(F)c1N1CCCC2CCCC21. The van der Waals surface area contributed by atoms with Crippen LogP contribution < -0.4 is 10.2 Å². The fourth-order valence-electron chi connectivity index (χ4n) is 3.95. The van der Waals surface area contributed by atoms with Crippen molar-refractivity contribution < 1.29 is 4.39 Å². The van der Waals surface area contributed by atoms with Gasteiger partial charge in [-0.3, -0.25) is 0 Å². The number of nitrogens with one attached hydrogen (secondary N) is 1. The molecule has 0 spiro atoms. The Morgan fingerprint density at radius 1 is 1.26 bits per heavy atom. The molecule has 0 radical (unpaired) electrons. The zero-order valence-electron chi connectivity index (χ0n) is 11.7. The van der Waals surface area contributed by atoms with Crippen LogP contribution in [0.1, 0.15) is 37.7 Å². The Labute approximate surface area is 115 Å². The average Bonchev–Trinajstić information content (AvgIpc) is 2.88. The normalized spacial score (nSPS) is 26.5. The van der Waals surface area contributed by atoms with Crippen LogP contribution in [0.4, 0.5) is 10.1 Å². The summed E-state index contributed by atoms with van der Waals surface area (Å²) in [4.78, 5) is 2.36. The van der Waals surface area contributed by atoms with Crippen LogP contribution in [0.5, 0.6) is 0 Å². The molecular weight excluding hydrogens is 239 g/mol. The molecule has 2 atom stereocenters. The van der Waals surface area contributed by atoms with E-state index in [2.05, 4.69) is 10.2 Å². The number of hydrogen-bond acceptors (Lipinski definition) is 2. The fourth-order valence-corrected chi connectivity index (χ4v) is 3.95. The standard InChI is InChI=1S/C16H23FN2/c1-18-11-13-6-2-8-14(17)16(13)19-10-4-7-12-5-3-9-15(12)19/h2,6,8,12,15,18H,3-5,7,9-11H2,1H3. The number of nitrogens with zero attached hydrogens (tertiary/aromatic N) is 1. The molecule has 1 aromatic rings. The van der Waals surface area contributed by atoms with Crippen molar-refractivity contribution in [2.24, 2.45) is 5.92 Å². The lowest BCUT2D eigenvalue weighted by Crippen LogP contribution is -2.43. The molecule has 1 aliphatic heterocycles. The Morgan fingerprint density at radius 2 is 2.11 bits per heavy atom. The van der Waals surface area contributed by atoms with E-state index in [0.717, 1.165) is 30.3 Å². The maximum Gasteiger partial charge on any atom is 0.146 e. The maximum atomic E-state index is 14.3. The zero-order chi connectivity index (χ0) is 13.2. The Morgan fingerprint density at radius 3 is 2.95 bits per heavy atom. The van der Waals surface area contributed by atoms with Gasteiger partial charge in [-0.25, -0.2) is 4.39 Å². The van der Waals surface area contributed by atoms with Gasteiger partial charge < -0.3 is 10.2 Å². The Kier molecular flexibility index (Phi) is 3.74. The van der Waals surface area contributed by atoms with E-state index in [1.807, 2.05) is 19.2 Å². The average molecular weight is 262 g/mol. The van der Waals surface area contributed by atoms with Crippen molar-refractivity contribution in [3.05, 3.63) is 29.6 Å². The summed E-state index contributed by atoms with van der Waals surface area (Å²) < 4.78 is 14.3. The summed E-state index contributed by atoms with van der Waals surface area (Å²) in [5, 5.41) is 3.16. The molecule has 1 saturated heterocycles. The van der Waals surface area contributed by atoms with Crippen LogP contribution >= 0.6 is 0 Å². The third-order valence-corrected chi connectivity index (χ3v) is 4.72. The van der Waals surface area contributed by atoms with Gasteiger partial charge in [0.1, 0.15) is 5.82 Å². The van der Waals surface area contributed by atoms with Crippen molar-refractivity contribution in [3.8, 4) is 0 Å². The second kappa shape index (κ2) is 5.49. The molecule has 2 aliphatic rings. The number of rotatable bonds is 3. The second-order valence-electron chi connectivity index (χ2n) is 5.87. The summed E-state index contributed by atoms with van der Waals surface area (Å²) in [6.07, 6.45) is 6.40. The summed E-state index contributed by atoms with van der Waals surface area (Å²) in [5.41, 5.74) is 1.95. The zero-order valence-corrected chi connectivity index (χ0v) is 11.7. The van der Waals surface area contributed by atoms with E-state index in [1.165, 1.54) is 32.1 Å². The number of hydrogen-bond donors (Lipinski definition) is 1. The van der Waals surface area contributed by atoms with Crippen LogP contribution in [0, 0.1) is 11.7 Å². The highest BCUT2D eigenvalue weighted by Crippen LogP contribution is 2.40. The van der Waals surface area contributed by atoms with E-state index in [9.17, 15) is 4.39 Å². The van der Waals surface area contributed by atoms with Gasteiger partial charge in [-0.05, 0) is 50.3 Å². The molecule has 0 amide bonds. The maximum absolute atomic E-state index is 14.3. The highest BCUT2D eigenvalue weighted by molar-refractivity contribution is 5.56.